The number of rotatable bonds is 4. The first-order chi connectivity index (χ1) is 7.57. The zero-order chi connectivity index (χ0) is 11.6. The molecule has 2 saturated carbocycles. The van der Waals surface area contributed by atoms with E-state index in [-0.39, 0.29) is 18.1 Å². The van der Waals surface area contributed by atoms with E-state index in [0.29, 0.717) is 0 Å². The second-order valence-corrected chi connectivity index (χ2v) is 6.40. The molecule has 0 saturated heterocycles. The van der Waals surface area contributed by atoms with Gasteiger partial charge in [0.05, 0.1) is 0 Å². The van der Waals surface area contributed by atoms with Gasteiger partial charge in [0.15, 0.2) is 0 Å². The van der Waals surface area contributed by atoms with E-state index in [9.17, 15) is 8.42 Å². The Labute approximate surface area is 97.3 Å². The van der Waals surface area contributed by atoms with Crippen LogP contribution in [-0.2, 0) is 10.2 Å². The van der Waals surface area contributed by atoms with Crippen LogP contribution in [-0.4, -0.2) is 26.5 Å². The first-order valence-corrected chi connectivity index (χ1v) is 7.60. The van der Waals surface area contributed by atoms with Gasteiger partial charge in [0.1, 0.15) is 0 Å². The fraction of sp³-hybridized carbons (Fsp3) is 1.00. The molecule has 0 aromatic heterocycles. The highest BCUT2D eigenvalue weighted by Gasteiger charge is 2.30. The number of nitrogens with two attached hydrogens (primary N) is 1. The third-order valence-corrected chi connectivity index (χ3v) is 4.53. The van der Waals surface area contributed by atoms with Crippen LogP contribution in [0, 0.1) is 0 Å². The normalized spacial score (nSPS) is 32.3. The average Bonchev–Trinajstić information content (AvgIpc) is 2.97. The van der Waals surface area contributed by atoms with Crippen LogP contribution in [0.25, 0.3) is 0 Å². The highest BCUT2D eigenvalue weighted by Crippen LogP contribution is 2.20. The van der Waals surface area contributed by atoms with Gasteiger partial charge in [-0.2, -0.15) is 17.9 Å². The number of hydrogen-bond acceptors (Lipinski definition) is 3. The standard InChI is InChI=1S/C10H21N3O2S/c11-9-4-2-1-3-5-10(9)13-16(14,15)12-8-6-7-8/h8-10,12-13H,1-7,11H2. The van der Waals surface area contributed by atoms with E-state index in [1.54, 1.807) is 0 Å². The first kappa shape index (κ1) is 12.3. The zero-order valence-corrected chi connectivity index (χ0v) is 10.3. The van der Waals surface area contributed by atoms with Gasteiger partial charge < -0.3 is 5.73 Å². The lowest BCUT2D eigenvalue weighted by Gasteiger charge is -2.22. The molecule has 16 heavy (non-hydrogen) atoms. The van der Waals surface area contributed by atoms with Crippen LogP contribution in [0.1, 0.15) is 44.9 Å². The van der Waals surface area contributed by atoms with Crippen molar-refractivity contribution < 1.29 is 8.42 Å². The molecule has 2 aliphatic carbocycles. The molecular formula is C10H21N3O2S. The average molecular weight is 247 g/mol. The van der Waals surface area contributed by atoms with Crippen molar-refractivity contribution in [2.24, 2.45) is 5.73 Å². The van der Waals surface area contributed by atoms with Gasteiger partial charge in [-0.15, -0.1) is 0 Å². The van der Waals surface area contributed by atoms with Crippen molar-refractivity contribution in [1.82, 2.24) is 9.44 Å². The van der Waals surface area contributed by atoms with Gasteiger partial charge in [-0.1, -0.05) is 19.3 Å². The van der Waals surface area contributed by atoms with E-state index < -0.39 is 10.2 Å². The Hall–Kier alpha value is -0.170. The predicted octanol–water partition coefficient (Wildman–Crippen LogP) is 0.233. The summed E-state index contributed by atoms with van der Waals surface area (Å²) in [5.41, 5.74) is 5.98. The maximum Gasteiger partial charge on any atom is 0.277 e. The summed E-state index contributed by atoms with van der Waals surface area (Å²) in [5, 5.41) is 0. The summed E-state index contributed by atoms with van der Waals surface area (Å²) in [6.07, 6.45) is 7.00. The fourth-order valence-electron chi connectivity index (χ4n) is 2.14. The molecule has 0 heterocycles. The number of hydrogen-bond donors (Lipinski definition) is 3. The quantitative estimate of drug-likeness (QED) is 0.622. The van der Waals surface area contributed by atoms with Gasteiger partial charge in [0.25, 0.3) is 10.2 Å². The Morgan fingerprint density at radius 2 is 1.62 bits per heavy atom. The van der Waals surface area contributed by atoms with Crippen molar-refractivity contribution in [2.75, 3.05) is 0 Å². The molecule has 0 spiro atoms. The molecule has 2 atom stereocenters. The molecule has 0 radical (unpaired) electrons. The minimum atomic E-state index is -3.35. The van der Waals surface area contributed by atoms with Crippen LogP contribution < -0.4 is 15.2 Å². The second-order valence-electron chi connectivity index (χ2n) is 4.92. The summed E-state index contributed by atoms with van der Waals surface area (Å²) < 4.78 is 28.8. The Bertz CT molecular complexity index is 327. The molecule has 0 aromatic carbocycles. The highest BCUT2D eigenvalue weighted by atomic mass is 32.2. The van der Waals surface area contributed by atoms with Crippen LogP contribution >= 0.6 is 0 Å². The van der Waals surface area contributed by atoms with Crippen molar-refractivity contribution in [3.8, 4) is 0 Å². The van der Waals surface area contributed by atoms with Crippen LogP contribution in [0.15, 0.2) is 0 Å². The first-order valence-electron chi connectivity index (χ1n) is 6.12. The molecule has 6 heteroatoms. The molecule has 0 aliphatic heterocycles. The molecule has 2 rings (SSSR count). The van der Waals surface area contributed by atoms with Crippen molar-refractivity contribution in [2.45, 2.75) is 63.1 Å². The lowest BCUT2D eigenvalue weighted by Crippen LogP contribution is -2.50. The molecule has 4 N–H and O–H groups in total. The molecule has 2 aliphatic rings. The molecule has 2 fully saturated rings. The SMILES string of the molecule is NC1CCCCCC1NS(=O)(=O)NC1CC1. The fourth-order valence-corrected chi connectivity index (χ4v) is 3.57. The topological polar surface area (TPSA) is 84.2 Å². The van der Waals surface area contributed by atoms with Gasteiger partial charge in [0.2, 0.25) is 0 Å². The Morgan fingerprint density at radius 1 is 0.938 bits per heavy atom. The molecular weight excluding hydrogens is 226 g/mol. The molecule has 0 aromatic rings. The van der Waals surface area contributed by atoms with Crippen molar-refractivity contribution in [3.05, 3.63) is 0 Å². The summed E-state index contributed by atoms with van der Waals surface area (Å²) in [6, 6.07) is 0.0107. The third kappa shape index (κ3) is 3.69. The van der Waals surface area contributed by atoms with E-state index in [1.165, 1.54) is 0 Å². The van der Waals surface area contributed by atoms with E-state index in [4.69, 9.17) is 5.73 Å². The molecule has 0 amide bonds. The molecule has 94 valence electrons. The maximum atomic E-state index is 11.7. The van der Waals surface area contributed by atoms with Crippen LogP contribution in [0.3, 0.4) is 0 Å². The van der Waals surface area contributed by atoms with Gasteiger partial charge in [-0.05, 0) is 25.7 Å². The number of nitrogens with one attached hydrogen (secondary N) is 2. The Kier molecular flexibility index (Phi) is 3.84. The minimum absolute atomic E-state index is 0.0433. The molecule has 0 bridgehead atoms. The van der Waals surface area contributed by atoms with Gasteiger partial charge in [-0.3, -0.25) is 0 Å². The highest BCUT2D eigenvalue weighted by molar-refractivity contribution is 7.87. The van der Waals surface area contributed by atoms with Crippen LogP contribution in [0.2, 0.25) is 0 Å². The van der Waals surface area contributed by atoms with Gasteiger partial charge in [0, 0.05) is 18.1 Å². The van der Waals surface area contributed by atoms with Crippen LogP contribution in [0.5, 0.6) is 0 Å². The minimum Gasteiger partial charge on any atom is -0.326 e. The van der Waals surface area contributed by atoms with E-state index >= 15 is 0 Å². The Balaban J connectivity index is 1.90. The summed E-state index contributed by atoms with van der Waals surface area (Å²) >= 11 is 0. The van der Waals surface area contributed by atoms with Gasteiger partial charge >= 0.3 is 0 Å². The molecule has 2 unspecified atom stereocenters. The zero-order valence-electron chi connectivity index (χ0n) is 9.48. The summed E-state index contributed by atoms with van der Waals surface area (Å²) in [5.74, 6) is 0. The lowest BCUT2D eigenvalue weighted by atomic mass is 10.1. The lowest BCUT2D eigenvalue weighted by molar-refractivity contribution is 0.452. The third-order valence-electron chi connectivity index (χ3n) is 3.28. The summed E-state index contributed by atoms with van der Waals surface area (Å²) in [7, 11) is -3.35. The van der Waals surface area contributed by atoms with Crippen molar-refractivity contribution in [1.29, 1.82) is 0 Å². The smallest absolute Gasteiger partial charge is 0.277 e. The van der Waals surface area contributed by atoms with E-state index in [0.717, 1.165) is 44.9 Å². The van der Waals surface area contributed by atoms with Crippen molar-refractivity contribution in [3.63, 3.8) is 0 Å². The van der Waals surface area contributed by atoms with E-state index in [1.807, 2.05) is 0 Å². The monoisotopic (exact) mass is 247 g/mol. The predicted molar refractivity (Wildman–Crippen MR) is 63.1 cm³/mol. The molecule has 5 nitrogen and oxygen atoms in total. The Morgan fingerprint density at radius 3 is 2.31 bits per heavy atom. The largest absolute Gasteiger partial charge is 0.326 e. The van der Waals surface area contributed by atoms with Gasteiger partial charge in [-0.25, -0.2) is 0 Å². The van der Waals surface area contributed by atoms with E-state index in [2.05, 4.69) is 9.44 Å². The van der Waals surface area contributed by atoms with Crippen molar-refractivity contribution >= 4 is 10.2 Å². The maximum absolute atomic E-state index is 11.7. The second kappa shape index (κ2) is 5.00. The summed E-state index contributed by atoms with van der Waals surface area (Å²) in [4.78, 5) is 0. The summed E-state index contributed by atoms with van der Waals surface area (Å²) in [6.45, 7) is 0. The van der Waals surface area contributed by atoms with Crippen LogP contribution in [0.4, 0.5) is 0 Å².